The van der Waals surface area contributed by atoms with Crippen molar-refractivity contribution >= 4 is 40.3 Å². The largest absolute Gasteiger partial charge is 0.493 e. The molecule has 1 aliphatic carbocycles. The van der Waals surface area contributed by atoms with E-state index in [4.69, 9.17) is 31.2 Å². The fourth-order valence-corrected chi connectivity index (χ4v) is 4.45. The molecule has 4 rings (SSSR count). The molecule has 2 aliphatic heterocycles. The maximum atomic E-state index is 13.0. The van der Waals surface area contributed by atoms with Crippen LogP contribution in [0.1, 0.15) is 12.5 Å². The molecule has 0 spiro atoms. The lowest BCUT2D eigenvalue weighted by Gasteiger charge is -2.22. The molecule has 0 radical (unpaired) electrons. The molecule has 146 valence electrons. The predicted octanol–water partition coefficient (Wildman–Crippen LogP) is 3.49. The van der Waals surface area contributed by atoms with Crippen molar-refractivity contribution in [1.82, 2.24) is 4.90 Å². The van der Waals surface area contributed by atoms with E-state index >= 15 is 0 Å². The summed E-state index contributed by atoms with van der Waals surface area (Å²) in [5.41, 5.74) is 1.54. The number of carbonyl (C=O) groups is 1. The van der Waals surface area contributed by atoms with E-state index in [9.17, 15) is 4.79 Å². The summed E-state index contributed by atoms with van der Waals surface area (Å²) < 4.78 is 22.4. The molecule has 1 amide bonds. The zero-order valence-corrected chi connectivity index (χ0v) is 17.0. The first-order valence-corrected chi connectivity index (χ1v) is 10.0. The van der Waals surface area contributed by atoms with Gasteiger partial charge in [0.05, 0.1) is 18.6 Å². The van der Waals surface area contributed by atoms with Crippen LogP contribution in [0.15, 0.2) is 47.0 Å². The topological polar surface area (TPSA) is 57.2 Å². The van der Waals surface area contributed by atoms with E-state index in [1.807, 2.05) is 49.4 Å². The third-order valence-electron chi connectivity index (χ3n) is 4.47. The van der Waals surface area contributed by atoms with E-state index in [0.717, 1.165) is 5.56 Å². The standard InChI is InChI=1S/C20H19NO5S2/c1-3-24-14-6-4-12(8-16(14)23-2)9-18-19(22)21(20(27)28-18)13-5-7-15-17(10-13)26-11-25-15/h4-10,15,17H,3,11H2,1-2H3/b18-9-/t15-,17-/m1/s1. The maximum absolute atomic E-state index is 13.0. The Morgan fingerprint density at radius 2 is 2.14 bits per heavy atom. The Bertz CT molecular complexity index is 908. The fraction of sp³-hybridized carbons (Fsp3) is 0.300. The number of hydrogen-bond acceptors (Lipinski definition) is 7. The van der Waals surface area contributed by atoms with Gasteiger partial charge in [-0.25, -0.2) is 0 Å². The number of carbonyl (C=O) groups excluding carboxylic acids is 1. The normalized spacial score (nSPS) is 25.3. The maximum Gasteiger partial charge on any atom is 0.270 e. The lowest BCUT2D eigenvalue weighted by Crippen LogP contribution is -2.31. The highest BCUT2D eigenvalue weighted by Gasteiger charge is 2.37. The summed E-state index contributed by atoms with van der Waals surface area (Å²) in [6, 6.07) is 5.55. The van der Waals surface area contributed by atoms with Gasteiger partial charge in [-0.15, -0.1) is 0 Å². The van der Waals surface area contributed by atoms with Crippen molar-refractivity contribution in [1.29, 1.82) is 0 Å². The average Bonchev–Trinajstić information content (AvgIpc) is 3.26. The molecule has 8 heteroatoms. The molecule has 0 unspecified atom stereocenters. The van der Waals surface area contributed by atoms with E-state index in [1.165, 1.54) is 16.7 Å². The molecular weight excluding hydrogens is 398 g/mol. The molecule has 0 bridgehead atoms. The average molecular weight is 418 g/mol. The van der Waals surface area contributed by atoms with Crippen molar-refractivity contribution in [3.8, 4) is 11.5 Å². The van der Waals surface area contributed by atoms with Crippen LogP contribution in [0.25, 0.3) is 6.08 Å². The van der Waals surface area contributed by atoms with Gasteiger partial charge in [0.15, 0.2) is 15.8 Å². The second-order valence-corrected chi connectivity index (χ2v) is 7.87. The van der Waals surface area contributed by atoms with Crippen LogP contribution < -0.4 is 9.47 Å². The Hall–Kier alpha value is -2.13. The number of nitrogens with zero attached hydrogens (tertiary/aromatic N) is 1. The molecule has 1 aromatic rings. The van der Waals surface area contributed by atoms with Gasteiger partial charge in [-0.1, -0.05) is 36.1 Å². The van der Waals surface area contributed by atoms with Crippen molar-refractivity contribution in [2.45, 2.75) is 19.1 Å². The van der Waals surface area contributed by atoms with E-state index in [-0.39, 0.29) is 24.9 Å². The monoisotopic (exact) mass is 417 g/mol. The van der Waals surface area contributed by atoms with Gasteiger partial charge in [0.25, 0.3) is 5.91 Å². The summed E-state index contributed by atoms with van der Waals surface area (Å²) in [6.45, 7) is 2.72. The number of thiocarbonyl (C=S) groups is 1. The summed E-state index contributed by atoms with van der Waals surface area (Å²) in [5.74, 6) is 1.13. The smallest absolute Gasteiger partial charge is 0.270 e. The van der Waals surface area contributed by atoms with Gasteiger partial charge in [-0.2, -0.15) is 0 Å². The lowest BCUT2D eigenvalue weighted by molar-refractivity contribution is -0.120. The molecule has 6 nitrogen and oxygen atoms in total. The van der Waals surface area contributed by atoms with Gasteiger partial charge in [-0.3, -0.25) is 9.69 Å². The Morgan fingerprint density at radius 1 is 1.32 bits per heavy atom. The Labute approximate surface area is 172 Å². The zero-order valence-electron chi connectivity index (χ0n) is 15.4. The van der Waals surface area contributed by atoms with Crippen LogP contribution in [-0.4, -0.2) is 47.8 Å². The van der Waals surface area contributed by atoms with Crippen molar-refractivity contribution in [2.24, 2.45) is 0 Å². The first-order chi connectivity index (χ1) is 13.6. The summed E-state index contributed by atoms with van der Waals surface area (Å²) >= 11 is 6.72. The summed E-state index contributed by atoms with van der Waals surface area (Å²) in [6.07, 6.45) is 7.14. The molecule has 1 aromatic carbocycles. The van der Waals surface area contributed by atoms with E-state index in [2.05, 4.69) is 0 Å². The molecule has 2 fully saturated rings. The minimum Gasteiger partial charge on any atom is -0.493 e. The second-order valence-electron chi connectivity index (χ2n) is 6.19. The van der Waals surface area contributed by atoms with Gasteiger partial charge in [0.1, 0.15) is 19.0 Å². The van der Waals surface area contributed by atoms with Crippen LogP contribution in [0, 0.1) is 0 Å². The van der Waals surface area contributed by atoms with Gasteiger partial charge in [-0.05, 0) is 42.8 Å². The third kappa shape index (κ3) is 3.60. The highest BCUT2D eigenvalue weighted by Crippen LogP contribution is 2.38. The number of amides is 1. The summed E-state index contributed by atoms with van der Waals surface area (Å²) in [4.78, 5) is 15.1. The van der Waals surface area contributed by atoms with Gasteiger partial charge < -0.3 is 18.9 Å². The van der Waals surface area contributed by atoms with Crippen LogP contribution in [0.4, 0.5) is 0 Å². The highest BCUT2D eigenvalue weighted by atomic mass is 32.2. The number of hydrogen-bond donors (Lipinski definition) is 0. The molecule has 3 aliphatic rings. The van der Waals surface area contributed by atoms with Gasteiger partial charge in [0.2, 0.25) is 0 Å². The quantitative estimate of drug-likeness (QED) is 0.537. The van der Waals surface area contributed by atoms with Crippen molar-refractivity contribution in [3.05, 3.63) is 52.6 Å². The first kappa shape index (κ1) is 19.2. The van der Waals surface area contributed by atoms with Crippen molar-refractivity contribution < 1.29 is 23.7 Å². The van der Waals surface area contributed by atoms with Crippen LogP contribution in [0.5, 0.6) is 11.5 Å². The molecule has 2 saturated heterocycles. The molecular formula is C20H19NO5S2. The number of fused-ring (bicyclic) bond motifs is 1. The van der Waals surface area contributed by atoms with E-state index in [1.54, 1.807) is 7.11 Å². The van der Waals surface area contributed by atoms with Crippen molar-refractivity contribution in [2.75, 3.05) is 20.5 Å². The number of thioether (sulfide) groups is 1. The Balaban J connectivity index is 1.58. The zero-order chi connectivity index (χ0) is 19.7. The molecule has 0 N–H and O–H groups in total. The SMILES string of the molecule is CCOc1ccc(/C=C2\SC(=S)N(C3=C[C@H]4OCO[C@@H]4C=C3)C2=O)cc1OC. The summed E-state index contributed by atoms with van der Waals surface area (Å²) in [5, 5.41) is 0. The number of rotatable bonds is 5. The molecule has 28 heavy (non-hydrogen) atoms. The molecule has 0 saturated carbocycles. The van der Waals surface area contributed by atoms with Gasteiger partial charge in [0, 0.05) is 5.70 Å². The predicted molar refractivity (Wildman–Crippen MR) is 111 cm³/mol. The van der Waals surface area contributed by atoms with Crippen LogP contribution in [0.3, 0.4) is 0 Å². The summed E-state index contributed by atoms with van der Waals surface area (Å²) in [7, 11) is 1.59. The van der Waals surface area contributed by atoms with E-state index in [0.29, 0.717) is 33.0 Å². The van der Waals surface area contributed by atoms with E-state index < -0.39 is 0 Å². The van der Waals surface area contributed by atoms with Crippen LogP contribution in [0.2, 0.25) is 0 Å². The number of ether oxygens (including phenoxy) is 4. The molecule has 0 aromatic heterocycles. The second kappa shape index (κ2) is 8.08. The molecule has 2 atom stereocenters. The fourth-order valence-electron chi connectivity index (χ4n) is 3.15. The minimum atomic E-state index is -0.191. The van der Waals surface area contributed by atoms with Gasteiger partial charge >= 0.3 is 0 Å². The minimum absolute atomic E-state index is 0.103. The number of methoxy groups -OCH3 is 1. The Morgan fingerprint density at radius 3 is 2.93 bits per heavy atom. The van der Waals surface area contributed by atoms with Crippen LogP contribution >= 0.6 is 24.0 Å². The highest BCUT2D eigenvalue weighted by molar-refractivity contribution is 8.26. The Kier molecular flexibility index (Phi) is 5.54. The van der Waals surface area contributed by atoms with Crippen molar-refractivity contribution in [3.63, 3.8) is 0 Å². The molecule has 2 heterocycles. The number of benzene rings is 1. The number of allylic oxidation sites excluding steroid dienone is 1. The first-order valence-electron chi connectivity index (χ1n) is 8.82. The lowest BCUT2D eigenvalue weighted by atomic mass is 10.1. The third-order valence-corrected chi connectivity index (χ3v) is 5.78. The van der Waals surface area contributed by atoms with Crippen LogP contribution in [-0.2, 0) is 14.3 Å².